The van der Waals surface area contributed by atoms with E-state index >= 15 is 0 Å². The van der Waals surface area contributed by atoms with Crippen LogP contribution < -0.4 is 11.2 Å². The molecule has 3 heterocycles. The van der Waals surface area contributed by atoms with Crippen molar-refractivity contribution in [2.24, 2.45) is 11.8 Å². The molecule has 2 atom stereocenters. The fourth-order valence-corrected chi connectivity index (χ4v) is 4.63. The summed E-state index contributed by atoms with van der Waals surface area (Å²) in [7, 11) is 0. The maximum absolute atomic E-state index is 13.4. The Balaban J connectivity index is 1.78. The summed E-state index contributed by atoms with van der Waals surface area (Å²) < 4.78 is 4.29. The molecule has 0 spiro atoms. The van der Waals surface area contributed by atoms with Crippen molar-refractivity contribution >= 4 is 17.1 Å². The van der Waals surface area contributed by atoms with E-state index in [9.17, 15) is 14.4 Å². The topological polar surface area (TPSA) is 82.1 Å². The number of benzene rings is 1. The van der Waals surface area contributed by atoms with Crippen molar-refractivity contribution in [2.75, 3.05) is 13.1 Å². The van der Waals surface area contributed by atoms with Crippen LogP contribution in [0.2, 0.25) is 0 Å². The van der Waals surface area contributed by atoms with Crippen LogP contribution in [0.5, 0.6) is 0 Å². The molecule has 1 fully saturated rings. The number of hydrogen-bond donors (Lipinski definition) is 0. The lowest BCUT2D eigenvalue weighted by Gasteiger charge is -2.35. The van der Waals surface area contributed by atoms with Gasteiger partial charge in [0.1, 0.15) is 6.54 Å². The molecule has 0 aliphatic carbocycles. The first-order chi connectivity index (χ1) is 14.9. The normalized spacial score (nSPS) is 19.1. The van der Waals surface area contributed by atoms with Gasteiger partial charge < -0.3 is 9.47 Å². The van der Waals surface area contributed by atoms with E-state index in [4.69, 9.17) is 0 Å². The summed E-state index contributed by atoms with van der Waals surface area (Å²) in [5.41, 5.74) is 0.660. The summed E-state index contributed by atoms with van der Waals surface area (Å²) in [5.74, 6) is 0.622. The van der Waals surface area contributed by atoms with E-state index < -0.39 is 11.2 Å². The molecule has 0 N–H and O–H groups in total. The second-order valence-electron chi connectivity index (χ2n) is 8.69. The number of amides is 1. The number of aromatic nitrogens is 4. The third kappa shape index (κ3) is 4.06. The average molecular weight is 424 g/mol. The molecule has 0 bridgehead atoms. The zero-order valence-electron chi connectivity index (χ0n) is 18.3. The van der Waals surface area contributed by atoms with E-state index in [0.29, 0.717) is 42.6 Å². The second-order valence-corrected chi connectivity index (χ2v) is 8.69. The van der Waals surface area contributed by atoms with E-state index in [-0.39, 0.29) is 19.0 Å². The maximum atomic E-state index is 13.4. The molecule has 1 aliphatic rings. The first-order valence-corrected chi connectivity index (χ1v) is 10.9. The summed E-state index contributed by atoms with van der Waals surface area (Å²) in [6.07, 6.45) is 2.66. The SMILES string of the molecule is CCn1cnc2c1c(=O)n(CC(=O)N1CC(C)CC(C)C1)c(=O)n2Cc1ccccc1. The van der Waals surface area contributed by atoms with E-state index in [1.807, 2.05) is 37.3 Å². The summed E-state index contributed by atoms with van der Waals surface area (Å²) >= 11 is 0. The number of piperidine rings is 1. The predicted molar refractivity (Wildman–Crippen MR) is 119 cm³/mol. The molecule has 2 aromatic heterocycles. The number of fused-ring (bicyclic) bond motifs is 1. The van der Waals surface area contributed by atoms with Crippen LogP contribution >= 0.6 is 0 Å². The lowest BCUT2D eigenvalue weighted by Crippen LogP contribution is -2.48. The van der Waals surface area contributed by atoms with Gasteiger partial charge in [-0.25, -0.2) is 14.3 Å². The smallest absolute Gasteiger partial charge is 0.333 e. The fraction of sp³-hybridized carbons (Fsp3) is 0.478. The van der Waals surface area contributed by atoms with E-state index in [1.165, 1.54) is 4.57 Å². The molecule has 1 aliphatic heterocycles. The number of carbonyl (C=O) groups is 1. The van der Waals surface area contributed by atoms with Gasteiger partial charge in [0.15, 0.2) is 11.2 Å². The van der Waals surface area contributed by atoms with Crippen molar-refractivity contribution in [2.45, 2.75) is 46.8 Å². The lowest BCUT2D eigenvalue weighted by atomic mass is 9.92. The Morgan fingerprint density at radius 1 is 1.06 bits per heavy atom. The van der Waals surface area contributed by atoms with Gasteiger partial charge in [-0.1, -0.05) is 44.2 Å². The van der Waals surface area contributed by atoms with Crippen LogP contribution in [-0.4, -0.2) is 42.6 Å². The number of rotatable bonds is 5. The summed E-state index contributed by atoms with van der Waals surface area (Å²) in [4.78, 5) is 45.8. The van der Waals surface area contributed by atoms with Crippen LogP contribution in [0.15, 0.2) is 46.2 Å². The van der Waals surface area contributed by atoms with Gasteiger partial charge in [-0.15, -0.1) is 0 Å². The Kier molecular flexibility index (Phi) is 5.80. The summed E-state index contributed by atoms with van der Waals surface area (Å²) in [5, 5.41) is 0. The average Bonchev–Trinajstić information content (AvgIpc) is 3.18. The van der Waals surface area contributed by atoms with Gasteiger partial charge in [-0.3, -0.25) is 14.2 Å². The number of nitrogens with zero attached hydrogens (tertiary/aromatic N) is 5. The summed E-state index contributed by atoms with van der Waals surface area (Å²) in [6, 6.07) is 9.56. The molecule has 0 radical (unpaired) electrons. The van der Waals surface area contributed by atoms with Crippen LogP contribution in [-0.2, 0) is 24.4 Å². The molecule has 3 aromatic rings. The molecular formula is C23H29N5O3. The van der Waals surface area contributed by atoms with Crippen LogP contribution in [0.4, 0.5) is 0 Å². The van der Waals surface area contributed by atoms with E-state index in [0.717, 1.165) is 16.6 Å². The van der Waals surface area contributed by atoms with Crippen molar-refractivity contribution < 1.29 is 4.79 Å². The zero-order chi connectivity index (χ0) is 22.1. The van der Waals surface area contributed by atoms with Gasteiger partial charge in [0.2, 0.25) is 5.91 Å². The molecule has 31 heavy (non-hydrogen) atoms. The molecule has 0 saturated carbocycles. The second kappa shape index (κ2) is 8.53. The monoisotopic (exact) mass is 423 g/mol. The van der Waals surface area contributed by atoms with Gasteiger partial charge in [0.25, 0.3) is 5.56 Å². The first-order valence-electron chi connectivity index (χ1n) is 10.9. The van der Waals surface area contributed by atoms with Crippen LogP contribution in [0.3, 0.4) is 0 Å². The van der Waals surface area contributed by atoms with Gasteiger partial charge in [-0.05, 0) is 30.7 Å². The van der Waals surface area contributed by atoms with Gasteiger partial charge in [-0.2, -0.15) is 0 Å². The molecule has 8 heteroatoms. The van der Waals surface area contributed by atoms with E-state index in [2.05, 4.69) is 18.8 Å². The Morgan fingerprint density at radius 2 is 1.74 bits per heavy atom. The Morgan fingerprint density at radius 3 is 2.39 bits per heavy atom. The van der Waals surface area contributed by atoms with Crippen molar-refractivity contribution in [3.63, 3.8) is 0 Å². The number of hydrogen-bond acceptors (Lipinski definition) is 4. The molecular weight excluding hydrogens is 394 g/mol. The minimum atomic E-state index is -0.505. The molecule has 8 nitrogen and oxygen atoms in total. The summed E-state index contributed by atoms with van der Waals surface area (Å²) in [6.45, 7) is 8.06. The van der Waals surface area contributed by atoms with Crippen LogP contribution in [0.1, 0.15) is 32.8 Å². The predicted octanol–water partition coefficient (Wildman–Crippen LogP) is 1.93. The Labute approximate surface area is 180 Å². The van der Waals surface area contributed by atoms with Crippen LogP contribution in [0.25, 0.3) is 11.2 Å². The maximum Gasteiger partial charge on any atom is 0.333 e. The number of aryl methyl sites for hydroxylation is 1. The highest BCUT2D eigenvalue weighted by Gasteiger charge is 2.27. The van der Waals surface area contributed by atoms with E-state index in [1.54, 1.807) is 15.8 Å². The standard InChI is InChI=1S/C23H29N5O3/c1-4-25-15-24-21-20(25)22(30)28(14-19(29)26-11-16(2)10-17(3)12-26)23(31)27(21)13-18-8-6-5-7-9-18/h5-9,15-17H,4,10-14H2,1-3H3. The molecule has 1 amide bonds. The van der Waals surface area contributed by atoms with Crippen molar-refractivity contribution in [1.82, 2.24) is 23.6 Å². The zero-order valence-corrected chi connectivity index (χ0v) is 18.3. The Bertz CT molecular complexity index is 1200. The molecule has 1 saturated heterocycles. The highest BCUT2D eigenvalue weighted by atomic mass is 16.2. The third-order valence-electron chi connectivity index (χ3n) is 6.02. The van der Waals surface area contributed by atoms with Gasteiger partial charge >= 0.3 is 5.69 Å². The largest absolute Gasteiger partial charge is 0.341 e. The highest BCUT2D eigenvalue weighted by molar-refractivity contribution is 5.77. The van der Waals surface area contributed by atoms with Crippen molar-refractivity contribution in [1.29, 1.82) is 0 Å². The van der Waals surface area contributed by atoms with Gasteiger partial charge in [0.05, 0.1) is 12.9 Å². The minimum Gasteiger partial charge on any atom is -0.341 e. The van der Waals surface area contributed by atoms with Gasteiger partial charge in [0, 0.05) is 19.6 Å². The number of carbonyl (C=O) groups excluding carboxylic acids is 1. The fourth-order valence-electron chi connectivity index (χ4n) is 4.63. The van der Waals surface area contributed by atoms with Crippen molar-refractivity contribution in [3.8, 4) is 0 Å². The molecule has 164 valence electrons. The number of likely N-dealkylation sites (tertiary alicyclic amines) is 1. The minimum absolute atomic E-state index is 0.189. The number of imidazole rings is 1. The van der Waals surface area contributed by atoms with Crippen LogP contribution in [0, 0.1) is 11.8 Å². The third-order valence-corrected chi connectivity index (χ3v) is 6.02. The lowest BCUT2D eigenvalue weighted by molar-refractivity contribution is -0.134. The quantitative estimate of drug-likeness (QED) is 0.628. The highest BCUT2D eigenvalue weighted by Crippen LogP contribution is 2.21. The van der Waals surface area contributed by atoms with Crippen molar-refractivity contribution in [3.05, 3.63) is 63.1 Å². The molecule has 1 aromatic carbocycles. The Hall–Kier alpha value is -3.16. The molecule has 2 unspecified atom stereocenters. The first kappa shape index (κ1) is 21.1. The molecule has 4 rings (SSSR count).